The highest BCUT2D eigenvalue weighted by Crippen LogP contribution is 2.24. The van der Waals surface area contributed by atoms with E-state index in [1.165, 1.54) is 18.7 Å². The van der Waals surface area contributed by atoms with Gasteiger partial charge >= 0.3 is 0 Å². The fourth-order valence-electron chi connectivity index (χ4n) is 12.7. The van der Waals surface area contributed by atoms with E-state index in [1.54, 1.807) is 68.6 Å². The molecule has 1 unspecified atom stereocenters. The molecule has 0 radical (unpaired) electrons. The van der Waals surface area contributed by atoms with Crippen LogP contribution in [0.25, 0.3) is 21.7 Å². The summed E-state index contributed by atoms with van der Waals surface area (Å²) in [5.41, 5.74) is 18.9. The molecule has 14 amide bonds. The van der Waals surface area contributed by atoms with Gasteiger partial charge in [-0.05, 0) is 123 Å². The number of unbranched alkanes of at least 4 members (excludes halogenated alkanes) is 1. The molecule has 0 bridgehead atoms. The molecule has 1 aliphatic rings. The molecule has 1 aromatic heterocycles. The van der Waals surface area contributed by atoms with E-state index in [2.05, 4.69) is 79.4 Å². The van der Waals surface area contributed by atoms with Crippen LogP contribution >= 0.6 is 11.6 Å². The van der Waals surface area contributed by atoms with E-state index in [-0.39, 0.29) is 128 Å². The summed E-state index contributed by atoms with van der Waals surface area (Å²) in [5.74, 6) is -11.1. The van der Waals surface area contributed by atoms with Gasteiger partial charge in [0.1, 0.15) is 66.5 Å². The van der Waals surface area contributed by atoms with E-state index >= 15 is 9.59 Å². The van der Waals surface area contributed by atoms with Crippen LogP contribution in [0.3, 0.4) is 0 Å². The van der Waals surface area contributed by atoms with Crippen LogP contribution in [0.2, 0.25) is 5.02 Å². The number of primary amides is 1. The lowest BCUT2D eigenvalue weighted by molar-refractivity contribution is -0.142. The van der Waals surface area contributed by atoms with Gasteiger partial charge in [-0.2, -0.15) is 0 Å². The number of aliphatic hydroxyl groups is 1. The van der Waals surface area contributed by atoms with Gasteiger partial charge in [0.15, 0.2) is 11.9 Å². The summed E-state index contributed by atoms with van der Waals surface area (Å²) in [7, 11) is 0. The number of guanidine groups is 2. The molecule has 6 rings (SSSR count). The predicted octanol–water partition coefficient (Wildman–Crippen LogP) is -2.41. The average molecular weight is 1580 g/mol. The van der Waals surface area contributed by atoms with E-state index in [4.69, 9.17) is 39.6 Å². The minimum atomic E-state index is -1.88. The number of nitrogens with zero attached hydrogens (tertiary/aromatic N) is 1. The first-order valence-electron chi connectivity index (χ1n) is 37.0. The Morgan fingerprint density at radius 3 is 1.66 bits per heavy atom. The second-order valence-electron chi connectivity index (χ2n) is 27.7. The molecule has 0 saturated carbocycles. The lowest BCUT2D eigenvalue weighted by Crippen LogP contribution is -2.61. The second-order valence-corrected chi connectivity index (χ2v) is 28.1. The van der Waals surface area contributed by atoms with Crippen LogP contribution in [0.5, 0.6) is 0 Å². The summed E-state index contributed by atoms with van der Waals surface area (Å²) in [5, 5.41) is 65.8. The molecule has 606 valence electrons. The highest BCUT2D eigenvalue weighted by Gasteiger charge is 2.41. The Hall–Kier alpha value is -11.9. The van der Waals surface area contributed by atoms with Crippen LogP contribution in [0, 0.1) is 16.7 Å². The van der Waals surface area contributed by atoms with Crippen molar-refractivity contribution in [3.05, 3.63) is 119 Å². The van der Waals surface area contributed by atoms with Gasteiger partial charge in [-0.25, -0.2) is 0 Å². The summed E-state index contributed by atoms with van der Waals surface area (Å²) in [6.45, 7) is 4.87. The highest BCUT2D eigenvalue weighted by atomic mass is 35.5. The van der Waals surface area contributed by atoms with Gasteiger partial charge in [0.25, 0.3) is 0 Å². The quantitative estimate of drug-likeness (QED) is 0.00835. The van der Waals surface area contributed by atoms with Crippen molar-refractivity contribution in [1.29, 1.82) is 10.8 Å². The van der Waals surface area contributed by atoms with E-state index in [0.29, 0.717) is 45.4 Å². The smallest absolute Gasteiger partial charge is 0.245 e. The number of fused-ring (bicyclic) bond motifs is 2. The number of carbonyl (C=O) groups is 14. The molecule has 0 spiro atoms. The largest absolute Gasteiger partial charge is 0.394 e. The van der Waals surface area contributed by atoms with Crippen molar-refractivity contribution in [2.45, 2.75) is 178 Å². The number of amides is 14. The summed E-state index contributed by atoms with van der Waals surface area (Å²) in [6.07, 6.45) is 2.16. The van der Waals surface area contributed by atoms with Gasteiger partial charge in [0.05, 0.1) is 6.61 Å². The fraction of sp³-hybridized carbons (Fsp3) is 0.467. The number of para-hydroxylation sites is 1. The van der Waals surface area contributed by atoms with Crippen molar-refractivity contribution in [3.63, 3.8) is 0 Å². The molecule has 1 fully saturated rings. The molecule has 5 aromatic rings. The first kappa shape index (κ1) is 88.9. The number of benzene rings is 4. The maximum Gasteiger partial charge on any atom is 0.245 e. The number of nitrogens with one attached hydrogen (secondary N) is 17. The third-order valence-corrected chi connectivity index (χ3v) is 18.8. The number of hydrogen-bond donors (Lipinski definition) is 21. The van der Waals surface area contributed by atoms with Crippen LogP contribution in [-0.4, -0.2) is 216 Å². The van der Waals surface area contributed by atoms with Gasteiger partial charge in [-0.15, -0.1) is 0 Å². The lowest BCUT2D eigenvalue weighted by atomic mass is 9.99. The molecule has 1 saturated heterocycles. The maximum atomic E-state index is 15.0. The first-order valence-corrected chi connectivity index (χ1v) is 37.3. The topological polar surface area (TPSA) is 572 Å². The summed E-state index contributed by atoms with van der Waals surface area (Å²) < 4.78 is 0. The zero-order chi connectivity index (χ0) is 82.0. The van der Waals surface area contributed by atoms with Crippen molar-refractivity contribution < 1.29 is 72.2 Å². The fourth-order valence-corrected chi connectivity index (χ4v) is 12.8. The van der Waals surface area contributed by atoms with E-state index in [0.717, 1.165) is 10.8 Å². The van der Waals surface area contributed by atoms with Gasteiger partial charge in [-0.1, -0.05) is 98.2 Å². The molecule has 11 atom stereocenters. The van der Waals surface area contributed by atoms with Crippen LogP contribution < -0.4 is 91.6 Å². The van der Waals surface area contributed by atoms with Gasteiger partial charge in [-0.3, -0.25) is 77.9 Å². The maximum absolute atomic E-state index is 15.0. The third kappa shape index (κ3) is 28.8. The number of aliphatic hydroxyl groups excluding tert-OH is 1. The number of aromatic amines is 1. The Labute approximate surface area is 652 Å². The molecule has 2 heterocycles. The molecular formula is C75H104ClN21O15. The Kier molecular flexibility index (Phi) is 35.9. The zero-order valence-corrected chi connectivity index (χ0v) is 63.7. The van der Waals surface area contributed by atoms with E-state index in [9.17, 15) is 62.6 Å². The van der Waals surface area contributed by atoms with Crippen LogP contribution in [-0.2, 0) is 86.4 Å². The van der Waals surface area contributed by atoms with Gasteiger partial charge in [0.2, 0.25) is 83.7 Å². The lowest BCUT2D eigenvalue weighted by Gasteiger charge is -2.31. The number of carbonyl (C=O) groups excluding carboxylic acids is 14. The monoisotopic (exact) mass is 1570 g/mol. The SMILES string of the molecule is CC(=O)N[C@H](Cc1ccc2ccccc2c1)C(=O)N[C@H](Cc1ccc(Cl)cc1)C(=O)N[C@H](Cc1c[nH]c2ccccc12)C(=O)N[C@@H](CO)C(=O)N[C@@H](CCCNC(=N)N)C(=O)N[C@H](CCCCNC(=O)C(CNC=O)NC=O)C(=O)N[C@@H](CC(C)C)C(=O)N[C@@H](CCCNC(=N)N)C(=O)N1CCC[C@H]1C(=O)N[C@H](C)C(N)=O. The number of likely N-dealkylation sites (tertiary alicyclic amines) is 1. The molecular weight excluding hydrogens is 1470 g/mol. The van der Waals surface area contributed by atoms with E-state index in [1.807, 2.05) is 42.5 Å². The second kappa shape index (κ2) is 45.3. The molecule has 24 N–H and O–H groups in total. The zero-order valence-electron chi connectivity index (χ0n) is 63.0. The Morgan fingerprint density at radius 2 is 1.06 bits per heavy atom. The molecule has 112 heavy (non-hydrogen) atoms. The Bertz CT molecular complexity index is 4130. The highest BCUT2D eigenvalue weighted by molar-refractivity contribution is 6.30. The number of hydrogen-bond acceptors (Lipinski definition) is 17. The molecule has 37 heteroatoms. The Balaban J connectivity index is 1.30. The summed E-state index contributed by atoms with van der Waals surface area (Å²) in [6, 6.07) is 11.3. The molecule has 1 aliphatic heterocycles. The first-order chi connectivity index (χ1) is 53.5. The van der Waals surface area contributed by atoms with Crippen molar-refractivity contribution in [1.82, 2.24) is 84.3 Å². The van der Waals surface area contributed by atoms with Crippen molar-refractivity contribution in [2.24, 2.45) is 23.1 Å². The Morgan fingerprint density at radius 1 is 0.554 bits per heavy atom. The summed E-state index contributed by atoms with van der Waals surface area (Å²) in [4.78, 5) is 197. The third-order valence-electron chi connectivity index (χ3n) is 18.5. The minimum absolute atomic E-state index is 0.00507. The van der Waals surface area contributed by atoms with Crippen LogP contribution in [0.1, 0.15) is 109 Å². The van der Waals surface area contributed by atoms with Crippen molar-refractivity contribution >= 4 is 129 Å². The molecule has 4 aromatic carbocycles. The predicted molar refractivity (Wildman–Crippen MR) is 416 cm³/mol. The normalized spacial score (nSPS) is 15.1. The number of nitrogens with two attached hydrogens (primary N) is 3. The van der Waals surface area contributed by atoms with Crippen molar-refractivity contribution in [3.8, 4) is 0 Å². The molecule has 36 nitrogen and oxygen atoms in total. The number of H-pyrrole nitrogens is 1. The summed E-state index contributed by atoms with van der Waals surface area (Å²) >= 11 is 6.27. The van der Waals surface area contributed by atoms with Crippen LogP contribution in [0.4, 0.5) is 0 Å². The van der Waals surface area contributed by atoms with Gasteiger partial charge < -0.3 is 107 Å². The standard InChI is InChI=1S/C75H104ClN21O15/c1-42(2)32-56(67(106)92-55(20-12-30-85-75(80)81)73(112)97-31-13-21-62(97)72(111)88-43(3)63(77)102)93-66(105)53(18-9-10-28-83-64(103)60(87-41-100)38-82-40-99)90-65(104)54(19-11-29-84-74(78)79)91-71(110)61(39-98)96-70(109)59(36-49-37-86-52-17-8-7-16-51(49)52)95-69(108)58(34-45-23-26-50(76)27-24-45)94-68(107)57(89-44(4)101)35-46-22-25-47-14-5-6-15-48(47)33-46/h5-8,14-17,22-27,33,37,40-43,53-62,86,98H,9-13,18-21,28-32,34-36,38-39H2,1-4H3,(H2,77,102)(H,82,99)(H,83,103)(H,87,100)(H,88,111)(H,89,101)(H,90,104)(H,91,110)(H,92,106)(H,93,105)(H,94,107)(H,95,108)(H,96,109)(H4,78,79,84)(H4,80,81,85)/t43-,53-,54+,55+,56+,57-,58-,59-,60?,61+,62+/m1/s1. The number of aromatic nitrogens is 1. The number of rotatable bonds is 47. The van der Waals surface area contributed by atoms with Crippen molar-refractivity contribution in [2.75, 3.05) is 39.3 Å². The van der Waals surface area contributed by atoms with Gasteiger partial charge in [0, 0.05) is 81.0 Å². The molecule has 0 aliphatic carbocycles. The van der Waals surface area contributed by atoms with E-state index < -0.39 is 150 Å². The minimum Gasteiger partial charge on any atom is -0.394 e. The van der Waals surface area contributed by atoms with Crippen LogP contribution in [0.15, 0.2) is 97.2 Å². The average Bonchev–Trinajstić information content (AvgIpc) is 1.62. The number of halogens is 1.